The second-order valence-corrected chi connectivity index (χ2v) is 9.02. The van der Waals surface area contributed by atoms with Gasteiger partial charge in [-0.25, -0.2) is 87.8 Å². The van der Waals surface area contributed by atoms with Crippen LogP contribution in [0.2, 0.25) is 0 Å². The fraction of sp³-hybridized carbons (Fsp3) is 0.0385. The normalized spacial score (nSPS) is 11.4. The fourth-order valence-electron chi connectivity index (χ4n) is 4.87. The Morgan fingerprint density at radius 1 is 0.271 bits per heavy atom. The maximum Gasteiger partial charge on any atom is 0.200 e. The minimum absolute atomic E-state index is 1.43. The van der Waals surface area contributed by atoms with E-state index in [4.69, 9.17) is 5.26 Å². The molecule has 0 aliphatic rings. The number of nitrogens with zero attached hydrogens (tertiary/aromatic N) is 1. The van der Waals surface area contributed by atoms with Gasteiger partial charge in [0.2, 0.25) is 0 Å². The Hall–Kier alpha value is -4.97. The highest BCUT2D eigenvalue weighted by atomic mass is 19.2. The molecule has 0 radical (unpaired) electrons. The van der Waals surface area contributed by atoms with Gasteiger partial charge in [-0.2, -0.15) is 5.26 Å². The fourth-order valence-corrected chi connectivity index (χ4v) is 4.87. The smallest absolute Gasteiger partial charge is 0.200 e. The maximum atomic E-state index is 15.4. The molecule has 0 atom stereocenters. The molecule has 0 aliphatic carbocycles. The van der Waals surface area contributed by atoms with Gasteiger partial charge in [-0.3, -0.25) is 0 Å². The first-order chi connectivity index (χ1) is 22.1. The van der Waals surface area contributed by atoms with Gasteiger partial charge in [-0.1, -0.05) is 0 Å². The van der Waals surface area contributed by atoms with Crippen molar-refractivity contribution in [1.29, 1.82) is 5.26 Å². The average molecular weight is 720 g/mol. The van der Waals surface area contributed by atoms with Crippen LogP contribution in [0.15, 0.2) is 0 Å². The number of hydrogen-bond acceptors (Lipinski definition) is 1. The standard InChI is InChI=1S/C24BF20.C2H3N/c26-5-1(6(27)14(35)21(42)13(5)34)25(2-7(28)15(36)22(43)16(37)8(2)29,3-9(30)17(38)23(44)18(39)10(3)31)4-11(32)19(40)24(45)20(41)12(4)33;1-2-3/h;1H3/q-1;. The first-order valence-electron chi connectivity index (χ1n) is 11.7. The molecule has 22 heteroatoms. The van der Waals surface area contributed by atoms with Gasteiger partial charge >= 0.3 is 0 Å². The molecule has 0 N–H and O–H groups in total. The Morgan fingerprint density at radius 3 is 0.458 bits per heavy atom. The van der Waals surface area contributed by atoms with E-state index in [2.05, 4.69) is 0 Å². The predicted octanol–water partition coefficient (Wildman–Crippen LogP) is 6.38. The SMILES string of the molecule is CC#N.Fc1c(F)c(F)c([B-](c2c(F)c(F)c(F)c(F)c2F)(c2c(F)c(F)c(F)c(F)c2F)c2c(F)c(F)c(F)c(F)c2F)c(F)c1F. The van der Waals surface area contributed by atoms with Gasteiger partial charge in [0.05, 0.1) is 6.07 Å². The lowest BCUT2D eigenvalue weighted by molar-refractivity contribution is 0.378. The van der Waals surface area contributed by atoms with Gasteiger partial charge in [0.25, 0.3) is 0 Å². The van der Waals surface area contributed by atoms with E-state index in [0.717, 1.165) is 0 Å². The number of hydrogen-bond donors (Lipinski definition) is 0. The van der Waals surface area contributed by atoms with Crippen LogP contribution in [0.1, 0.15) is 6.92 Å². The van der Waals surface area contributed by atoms with Crippen LogP contribution in [0, 0.1) is 128 Å². The van der Waals surface area contributed by atoms with Crippen LogP contribution in [0.4, 0.5) is 87.8 Å². The molecular weight excluding hydrogens is 717 g/mol. The summed E-state index contributed by atoms with van der Waals surface area (Å²) in [7, 11) is 0. The molecular formula is C26H3BF20N-. The van der Waals surface area contributed by atoms with Crippen LogP contribution < -0.4 is 21.9 Å². The molecule has 0 unspecified atom stereocenters. The van der Waals surface area contributed by atoms with E-state index in [1.807, 2.05) is 0 Å². The lowest BCUT2D eigenvalue weighted by atomic mass is 9.12. The van der Waals surface area contributed by atoms with E-state index in [0.29, 0.717) is 0 Å². The summed E-state index contributed by atoms with van der Waals surface area (Å²) in [5, 5.41) is 7.32. The van der Waals surface area contributed by atoms with Crippen LogP contribution in [-0.2, 0) is 0 Å². The van der Waals surface area contributed by atoms with E-state index in [1.165, 1.54) is 6.92 Å². The molecule has 1 nitrogen and oxygen atoms in total. The molecule has 0 aliphatic heterocycles. The zero-order valence-electron chi connectivity index (χ0n) is 22.1. The molecule has 4 aromatic rings. The highest BCUT2D eigenvalue weighted by molar-refractivity contribution is 7.20. The molecule has 0 spiro atoms. The number of benzene rings is 4. The van der Waals surface area contributed by atoms with Crippen LogP contribution >= 0.6 is 0 Å². The van der Waals surface area contributed by atoms with E-state index in [9.17, 15) is 52.7 Å². The molecule has 0 saturated heterocycles. The van der Waals surface area contributed by atoms with E-state index >= 15 is 35.1 Å². The van der Waals surface area contributed by atoms with E-state index < -0.39 is 144 Å². The van der Waals surface area contributed by atoms with Gasteiger partial charge < -0.3 is 0 Å². The molecule has 4 aromatic carbocycles. The average Bonchev–Trinajstić information content (AvgIpc) is 3.04. The third-order valence-corrected chi connectivity index (χ3v) is 6.71. The molecule has 0 fully saturated rings. The quantitative estimate of drug-likeness (QED) is 0.104. The molecule has 256 valence electrons. The summed E-state index contributed by atoms with van der Waals surface area (Å²) in [6, 6.07) is 1.75. The zero-order chi connectivity index (χ0) is 37.1. The van der Waals surface area contributed by atoms with Crippen molar-refractivity contribution in [2.45, 2.75) is 6.92 Å². The Kier molecular flexibility index (Phi) is 10.1. The summed E-state index contributed by atoms with van der Waals surface area (Å²) in [6.45, 7) is 1.43. The van der Waals surface area contributed by atoms with E-state index in [-0.39, 0.29) is 0 Å². The molecule has 48 heavy (non-hydrogen) atoms. The highest BCUT2D eigenvalue weighted by Crippen LogP contribution is 2.30. The molecule has 0 amide bonds. The summed E-state index contributed by atoms with van der Waals surface area (Å²) in [6.07, 6.45) is -7.22. The van der Waals surface area contributed by atoms with Crippen molar-refractivity contribution in [1.82, 2.24) is 0 Å². The summed E-state index contributed by atoms with van der Waals surface area (Å²) >= 11 is 0. The number of halogens is 20. The van der Waals surface area contributed by atoms with E-state index in [1.54, 1.807) is 6.07 Å². The molecule has 4 rings (SSSR count). The van der Waals surface area contributed by atoms with Crippen molar-refractivity contribution < 1.29 is 87.8 Å². The molecule has 0 bridgehead atoms. The minimum Gasteiger partial charge on any atom is -0.207 e. The molecule has 0 heterocycles. The monoisotopic (exact) mass is 720 g/mol. The first-order valence-corrected chi connectivity index (χ1v) is 11.7. The van der Waals surface area contributed by atoms with Crippen molar-refractivity contribution in [2.24, 2.45) is 0 Å². The van der Waals surface area contributed by atoms with Crippen molar-refractivity contribution in [3.8, 4) is 6.07 Å². The highest BCUT2D eigenvalue weighted by Gasteiger charge is 2.52. The summed E-state index contributed by atoms with van der Waals surface area (Å²) in [4.78, 5) is 0. The van der Waals surface area contributed by atoms with Gasteiger partial charge in [0.1, 0.15) is 52.7 Å². The third kappa shape index (κ3) is 4.97. The first kappa shape index (κ1) is 37.5. The van der Waals surface area contributed by atoms with Crippen molar-refractivity contribution in [3.05, 3.63) is 116 Å². The number of rotatable bonds is 4. The summed E-state index contributed by atoms with van der Waals surface area (Å²) in [5.74, 6) is -71.4. The van der Waals surface area contributed by atoms with Crippen molar-refractivity contribution >= 4 is 28.0 Å². The minimum atomic E-state index is -7.22. The largest absolute Gasteiger partial charge is 0.207 e. The Bertz CT molecular complexity index is 1670. The summed E-state index contributed by atoms with van der Waals surface area (Å²) < 4.78 is 294. The van der Waals surface area contributed by atoms with Crippen molar-refractivity contribution in [3.63, 3.8) is 0 Å². The zero-order valence-corrected chi connectivity index (χ0v) is 22.1. The predicted molar refractivity (Wildman–Crippen MR) is 121 cm³/mol. The van der Waals surface area contributed by atoms with Crippen LogP contribution in [-0.4, -0.2) is 6.15 Å². The topological polar surface area (TPSA) is 23.8 Å². The Morgan fingerprint density at radius 2 is 0.354 bits per heavy atom. The lowest BCUT2D eigenvalue weighted by Crippen LogP contribution is -2.81. The van der Waals surface area contributed by atoms with Gasteiger partial charge in [-0.05, 0) is 0 Å². The summed E-state index contributed by atoms with van der Waals surface area (Å²) in [5.41, 5.74) is -14.3. The Labute approximate surface area is 251 Å². The van der Waals surface area contributed by atoms with Gasteiger partial charge in [-0.15, -0.1) is 21.9 Å². The van der Waals surface area contributed by atoms with Crippen LogP contribution in [0.25, 0.3) is 0 Å². The van der Waals surface area contributed by atoms with Gasteiger partial charge in [0, 0.05) is 6.92 Å². The molecule has 0 aromatic heterocycles. The maximum absolute atomic E-state index is 15.4. The second kappa shape index (κ2) is 12.9. The number of nitriles is 1. The van der Waals surface area contributed by atoms with Crippen LogP contribution in [0.3, 0.4) is 0 Å². The lowest BCUT2D eigenvalue weighted by Gasteiger charge is -2.44. The molecule has 0 saturated carbocycles. The second-order valence-electron chi connectivity index (χ2n) is 9.02. The Balaban J connectivity index is 0.00000201. The van der Waals surface area contributed by atoms with Gasteiger partial charge in [0.15, 0.2) is 69.8 Å². The third-order valence-electron chi connectivity index (χ3n) is 6.71. The van der Waals surface area contributed by atoms with Crippen molar-refractivity contribution in [2.75, 3.05) is 0 Å². The van der Waals surface area contributed by atoms with Crippen LogP contribution in [0.5, 0.6) is 0 Å².